The summed E-state index contributed by atoms with van der Waals surface area (Å²) in [5.74, 6) is 0.225. The summed E-state index contributed by atoms with van der Waals surface area (Å²) in [5, 5.41) is 0. The number of benzene rings is 1. The quantitative estimate of drug-likeness (QED) is 0.915. The maximum atomic E-state index is 11.8. The van der Waals surface area contributed by atoms with Crippen LogP contribution in [0.15, 0.2) is 23.1 Å². The number of rotatable bonds is 4. The van der Waals surface area contributed by atoms with Crippen LogP contribution in [0, 0.1) is 0 Å². The van der Waals surface area contributed by atoms with Crippen molar-refractivity contribution in [3.8, 4) is 0 Å². The first kappa shape index (κ1) is 14.3. The lowest BCUT2D eigenvalue weighted by Crippen LogP contribution is -2.18. The molecule has 0 spiro atoms. The Morgan fingerprint density at radius 1 is 1.32 bits per heavy atom. The fraction of sp³-hybridized carbons (Fsp3) is 0.500. The molecule has 0 atom stereocenters. The Labute approximate surface area is 114 Å². The van der Waals surface area contributed by atoms with Gasteiger partial charge in [0.25, 0.3) is 0 Å². The molecule has 0 unspecified atom stereocenters. The van der Waals surface area contributed by atoms with Gasteiger partial charge in [0.15, 0.2) is 9.84 Å². The molecule has 5 nitrogen and oxygen atoms in total. The topological polar surface area (TPSA) is 80.3 Å². The Morgan fingerprint density at radius 2 is 2.05 bits per heavy atom. The van der Waals surface area contributed by atoms with Crippen molar-refractivity contribution in [1.82, 2.24) is 0 Å². The molecule has 1 aliphatic rings. The third-order valence-electron chi connectivity index (χ3n) is 3.00. The van der Waals surface area contributed by atoms with E-state index in [0.29, 0.717) is 35.4 Å². The van der Waals surface area contributed by atoms with Crippen LogP contribution in [-0.4, -0.2) is 28.3 Å². The SMILES string of the molecule is CCCS(=O)(=O)Nc1ccc2c(c1)CCCS2(=O)=O. The second kappa shape index (κ2) is 5.13. The van der Waals surface area contributed by atoms with E-state index >= 15 is 0 Å². The predicted octanol–water partition coefficient (Wildman–Crippen LogP) is 1.56. The van der Waals surface area contributed by atoms with Crippen LogP contribution in [0.3, 0.4) is 0 Å². The fourth-order valence-electron chi connectivity index (χ4n) is 2.20. The Kier molecular flexibility index (Phi) is 3.87. The summed E-state index contributed by atoms with van der Waals surface area (Å²) in [4.78, 5) is 0.331. The van der Waals surface area contributed by atoms with Gasteiger partial charge in [-0.15, -0.1) is 0 Å². The summed E-state index contributed by atoms with van der Waals surface area (Å²) in [6, 6.07) is 4.63. The van der Waals surface area contributed by atoms with Gasteiger partial charge in [0.2, 0.25) is 10.0 Å². The van der Waals surface area contributed by atoms with Crippen molar-refractivity contribution in [2.75, 3.05) is 16.2 Å². The minimum atomic E-state index is -3.34. The van der Waals surface area contributed by atoms with Crippen LogP contribution in [-0.2, 0) is 26.3 Å². The molecule has 106 valence electrons. The molecule has 1 aromatic rings. The summed E-state index contributed by atoms with van der Waals surface area (Å²) in [5.41, 5.74) is 1.13. The molecule has 0 fully saturated rings. The second-order valence-electron chi connectivity index (χ2n) is 4.67. The Bertz CT molecular complexity index is 678. The van der Waals surface area contributed by atoms with Crippen molar-refractivity contribution < 1.29 is 16.8 Å². The highest BCUT2D eigenvalue weighted by Gasteiger charge is 2.23. The Morgan fingerprint density at radius 3 is 2.74 bits per heavy atom. The third kappa shape index (κ3) is 3.27. The zero-order valence-corrected chi connectivity index (χ0v) is 12.4. The molecule has 1 N–H and O–H groups in total. The average molecular weight is 303 g/mol. The Balaban J connectivity index is 2.33. The first-order valence-corrected chi connectivity index (χ1v) is 9.51. The molecule has 0 bridgehead atoms. The fourth-order valence-corrected chi connectivity index (χ4v) is 4.91. The molecule has 19 heavy (non-hydrogen) atoms. The summed E-state index contributed by atoms with van der Waals surface area (Å²) >= 11 is 0. The molecule has 0 saturated heterocycles. The van der Waals surface area contributed by atoms with Crippen molar-refractivity contribution >= 4 is 25.5 Å². The van der Waals surface area contributed by atoms with E-state index in [2.05, 4.69) is 4.72 Å². The average Bonchev–Trinajstić information content (AvgIpc) is 2.27. The van der Waals surface area contributed by atoms with Gasteiger partial charge in [0.05, 0.1) is 16.4 Å². The largest absolute Gasteiger partial charge is 0.284 e. The second-order valence-corrected chi connectivity index (χ2v) is 8.59. The highest BCUT2D eigenvalue weighted by Crippen LogP contribution is 2.27. The van der Waals surface area contributed by atoms with E-state index in [9.17, 15) is 16.8 Å². The van der Waals surface area contributed by atoms with Crippen molar-refractivity contribution in [2.45, 2.75) is 31.1 Å². The van der Waals surface area contributed by atoms with Gasteiger partial charge in [0, 0.05) is 5.69 Å². The number of hydrogen-bond donors (Lipinski definition) is 1. The molecule has 2 rings (SSSR count). The van der Waals surface area contributed by atoms with E-state index in [-0.39, 0.29) is 11.5 Å². The number of fused-ring (bicyclic) bond motifs is 1. The van der Waals surface area contributed by atoms with E-state index in [4.69, 9.17) is 0 Å². The number of sulfone groups is 1. The van der Waals surface area contributed by atoms with Gasteiger partial charge in [-0.1, -0.05) is 6.92 Å². The van der Waals surface area contributed by atoms with Gasteiger partial charge in [0.1, 0.15) is 0 Å². The van der Waals surface area contributed by atoms with Gasteiger partial charge >= 0.3 is 0 Å². The molecule has 0 aliphatic carbocycles. The van der Waals surface area contributed by atoms with Gasteiger partial charge in [-0.25, -0.2) is 16.8 Å². The van der Waals surface area contributed by atoms with E-state index in [0.717, 1.165) is 0 Å². The highest BCUT2D eigenvalue weighted by atomic mass is 32.2. The van der Waals surface area contributed by atoms with E-state index in [1.807, 2.05) is 0 Å². The lowest BCUT2D eigenvalue weighted by molar-refractivity contribution is 0.586. The molecule has 7 heteroatoms. The standard InChI is InChI=1S/C12H17NO4S2/c1-2-7-19(16,17)13-11-5-6-12-10(9-11)4-3-8-18(12,14)15/h5-6,9,13H,2-4,7-8H2,1H3. The number of sulfonamides is 1. The van der Waals surface area contributed by atoms with Crippen LogP contribution >= 0.6 is 0 Å². The molecular formula is C12H17NO4S2. The number of nitrogens with one attached hydrogen (secondary N) is 1. The monoisotopic (exact) mass is 303 g/mol. The van der Waals surface area contributed by atoms with E-state index < -0.39 is 19.9 Å². The molecule has 1 heterocycles. The van der Waals surface area contributed by atoms with Crippen molar-refractivity contribution in [2.24, 2.45) is 0 Å². The first-order valence-electron chi connectivity index (χ1n) is 6.20. The van der Waals surface area contributed by atoms with Crippen LogP contribution in [0.1, 0.15) is 25.3 Å². The van der Waals surface area contributed by atoms with Gasteiger partial charge in [-0.2, -0.15) is 0 Å². The number of anilines is 1. The zero-order chi connectivity index (χ0) is 14.1. The maximum Gasteiger partial charge on any atom is 0.232 e. The van der Waals surface area contributed by atoms with Crippen molar-refractivity contribution in [3.05, 3.63) is 23.8 Å². The summed E-state index contributed by atoms with van der Waals surface area (Å²) in [7, 11) is -6.53. The zero-order valence-electron chi connectivity index (χ0n) is 10.7. The molecule has 0 amide bonds. The van der Waals surface area contributed by atoms with Crippen LogP contribution in [0.4, 0.5) is 5.69 Å². The molecule has 0 saturated carbocycles. The van der Waals surface area contributed by atoms with Crippen LogP contribution < -0.4 is 4.72 Å². The lowest BCUT2D eigenvalue weighted by atomic mass is 10.1. The van der Waals surface area contributed by atoms with Crippen molar-refractivity contribution in [1.29, 1.82) is 0 Å². The van der Waals surface area contributed by atoms with Crippen LogP contribution in [0.25, 0.3) is 0 Å². The Hall–Kier alpha value is -1.08. The predicted molar refractivity (Wildman–Crippen MR) is 74.5 cm³/mol. The van der Waals surface area contributed by atoms with Crippen LogP contribution in [0.5, 0.6) is 0 Å². The molecule has 0 radical (unpaired) electrons. The number of hydrogen-bond acceptors (Lipinski definition) is 4. The van der Waals surface area contributed by atoms with E-state index in [1.54, 1.807) is 13.0 Å². The van der Waals surface area contributed by atoms with Crippen LogP contribution in [0.2, 0.25) is 0 Å². The lowest BCUT2D eigenvalue weighted by Gasteiger charge is -2.17. The minimum Gasteiger partial charge on any atom is -0.284 e. The highest BCUT2D eigenvalue weighted by molar-refractivity contribution is 7.92. The van der Waals surface area contributed by atoms with E-state index in [1.165, 1.54) is 12.1 Å². The molecule has 1 aromatic carbocycles. The normalized spacial score (nSPS) is 17.7. The molecule has 0 aromatic heterocycles. The summed E-state index contributed by atoms with van der Waals surface area (Å²) in [6.07, 6.45) is 1.78. The minimum absolute atomic E-state index is 0.0579. The summed E-state index contributed by atoms with van der Waals surface area (Å²) in [6.45, 7) is 1.79. The molecule has 1 aliphatic heterocycles. The van der Waals surface area contributed by atoms with Gasteiger partial charge < -0.3 is 0 Å². The van der Waals surface area contributed by atoms with Gasteiger partial charge in [-0.05, 0) is 43.0 Å². The first-order chi connectivity index (χ1) is 8.84. The maximum absolute atomic E-state index is 11.8. The summed E-state index contributed by atoms with van der Waals surface area (Å²) < 4.78 is 49.5. The third-order valence-corrected chi connectivity index (χ3v) is 6.39. The molecular weight excluding hydrogens is 286 g/mol. The smallest absolute Gasteiger partial charge is 0.232 e. The van der Waals surface area contributed by atoms with Gasteiger partial charge in [-0.3, -0.25) is 4.72 Å². The van der Waals surface area contributed by atoms with Crippen molar-refractivity contribution in [3.63, 3.8) is 0 Å². The number of aryl methyl sites for hydroxylation is 1.